The third kappa shape index (κ3) is 2.26. The van der Waals surface area contributed by atoms with Crippen molar-refractivity contribution in [2.45, 2.75) is 45.1 Å². The third-order valence-electron chi connectivity index (χ3n) is 3.24. The Labute approximate surface area is 96.6 Å². The molecule has 1 heterocycles. The van der Waals surface area contributed by atoms with Gasteiger partial charge in [0.2, 0.25) is 0 Å². The fourth-order valence-corrected chi connectivity index (χ4v) is 2.24. The van der Waals surface area contributed by atoms with Crippen LogP contribution < -0.4 is 0 Å². The van der Waals surface area contributed by atoms with E-state index in [1.165, 1.54) is 10.6 Å². The first-order valence-corrected chi connectivity index (χ1v) is 5.90. The lowest BCUT2D eigenvalue weighted by atomic mass is 9.98. The first-order valence-electron chi connectivity index (χ1n) is 5.90. The molecule has 0 spiro atoms. The van der Waals surface area contributed by atoms with Gasteiger partial charge in [0.05, 0.1) is 6.10 Å². The molecule has 88 valence electrons. The standard InChI is InChI=1S/C13H19NO2/c1-3-12-9-13(16-10(2)14(12)15)11-7-5-4-6-8-11/h4-8,10,12-13,15H,3,9H2,1-2H3/t10?,12-,13-/m1/s1. The molecule has 0 aromatic heterocycles. The number of hydroxylamine groups is 2. The van der Waals surface area contributed by atoms with Crippen LogP contribution in [-0.2, 0) is 4.74 Å². The zero-order valence-corrected chi connectivity index (χ0v) is 9.84. The number of hydrogen-bond donors (Lipinski definition) is 1. The molecule has 1 N–H and O–H groups in total. The van der Waals surface area contributed by atoms with Crippen LogP contribution >= 0.6 is 0 Å². The van der Waals surface area contributed by atoms with Gasteiger partial charge in [0.25, 0.3) is 0 Å². The van der Waals surface area contributed by atoms with Crippen LogP contribution in [0.4, 0.5) is 0 Å². The van der Waals surface area contributed by atoms with E-state index in [2.05, 4.69) is 19.1 Å². The molecule has 2 rings (SSSR count). The highest BCUT2D eigenvalue weighted by molar-refractivity contribution is 5.18. The number of ether oxygens (including phenoxy) is 1. The van der Waals surface area contributed by atoms with Gasteiger partial charge in [-0.1, -0.05) is 37.3 Å². The summed E-state index contributed by atoms with van der Waals surface area (Å²) in [5.74, 6) is 0. The average Bonchev–Trinajstić information content (AvgIpc) is 2.33. The van der Waals surface area contributed by atoms with Crippen molar-refractivity contribution < 1.29 is 9.94 Å². The van der Waals surface area contributed by atoms with Crippen molar-refractivity contribution in [3.05, 3.63) is 35.9 Å². The smallest absolute Gasteiger partial charge is 0.131 e. The Morgan fingerprint density at radius 1 is 1.38 bits per heavy atom. The highest BCUT2D eigenvalue weighted by Gasteiger charge is 2.32. The molecule has 0 saturated carbocycles. The maximum absolute atomic E-state index is 9.81. The van der Waals surface area contributed by atoms with Gasteiger partial charge in [-0.3, -0.25) is 0 Å². The molecule has 1 fully saturated rings. The minimum absolute atomic E-state index is 0.101. The van der Waals surface area contributed by atoms with Crippen molar-refractivity contribution in [3.8, 4) is 0 Å². The van der Waals surface area contributed by atoms with Gasteiger partial charge in [-0.05, 0) is 25.3 Å². The maximum atomic E-state index is 9.81. The lowest BCUT2D eigenvalue weighted by molar-refractivity contribution is -0.282. The molecule has 1 aliphatic rings. The molecular formula is C13H19NO2. The minimum Gasteiger partial charge on any atom is -0.353 e. The second-order valence-electron chi connectivity index (χ2n) is 4.31. The van der Waals surface area contributed by atoms with Gasteiger partial charge >= 0.3 is 0 Å². The summed E-state index contributed by atoms with van der Waals surface area (Å²) in [6.07, 6.45) is 1.66. The van der Waals surface area contributed by atoms with Gasteiger partial charge in [0.15, 0.2) is 0 Å². The van der Waals surface area contributed by atoms with Crippen LogP contribution in [0, 0.1) is 0 Å². The molecule has 0 bridgehead atoms. The predicted molar refractivity (Wildman–Crippen MR) is 62.1 cm³/mol. The second kappa shape index (κ2) is 4.95. The summed E-state index contributed by atoms with van der Waals surface area (Å²) >= 11 is 0. The summed E-state index contributed by atoms with van der Waals surface area (Å²) < 4.78 is 5.79. The Kier molecular flexibility index (Phi) is 3.59. The Morgan fingerprint density at radius 2 is 2.06 bits per heavy atom. The van der Waals surface area contributed by atoms with E-state index in [4.69, 9.17) is 4.74 Å². The molecule has 16 heavy (non-hydrogen) atoms. The third-order valence-corrected chi connectivity index (χ3v) is 3.24. The Bertz CT molecular complexity index is 328. The fraction of sp³-hybridized carbons (Fsp3) is 0.538. The molecular weight excluding hydrogens is 202 g/mol. The van der Waals surface area contributed by atoms with Crippen molar-refractivity contribution in [1.29, 1.82) is 0 Å². The molecule has 0 aliphatic carbocycles. The van der Waals surface area contributed by atoms with E-state index in [0.29, 0.717) is 0 Å². The SMILES string of the molecule is CC[C@@H]1C[C@H](c2ccccc2)OC(C)N1O. The van der Waals surface area contributed by atoms with E-state index < -0.39 is 0 Å². The predicted octanol–water partition coefficient (Wildman–Crippen LogP) is 2.96. The van der Waals surface area contributed by atoms with Crippen LogP contribution in [0.3, 0.4) is 0 Å². The summed E-state index contributed by atoms with van der Waals surface area (Å²) in [6.45, 7) is 3.98. The molecule has 1 aliphatic heterocycles. The second-order valence-corrected chi connectivity index (χ2v) is 4.31. The Hall–Kier alpha value is -0.900. The van der Waals surface area contributed by atoms with E-state index in [9.17, 15) is 5.21 Å². The topological polar surface area (TPSA) is 32.7 Å². The summed E-state index contributed by atoms with van der Waals surface area (Å²) in [5, 5.41) is 11.1. The molecule has 1 unspecified atom stereocenters. The molecule has 1 saturated heterocycles. The molecule has 0 amide bonds. The normalized spacial score (nSPS) is 31.6. The van der Waals surface area contributed by atoms with E-state index in [0.717, 1.165) is 12.8 Å². The fourth-order valence-electron chi connectivity index (χ4n) is 2.24. The Morgan fingerprint density at radius 3 is 2.69 bits per heavy atom. The Balaban J connectivity index is 2.13. The molecule has 3 nitrogen and oxygen atoms in total. The lowest BCUT2D eigenvalue weighted by Gasteiger charge is -2.39. The molecule has 1 aromatic rings. The van der Waals surface area contributed by atoms with Crippen LogP contribution in [0.15, 0.2) is 30.3 Å². The molecule has 3 atom stereocenters. The maximum Gasteiger partial charge on any atom is 0.131 e. The van der Waals surface area contributed by atoms with Crippen LogP contribution in [0.25, 0.3) is 0 Å². The number of benzene rings is 1. The summed E-state index contributed by atoms with van der Waals surface area (Å²) in [7, 11) is 0. The van der Waals surface area contributed by atoms with Gasteiger partial charge in [-0.15, -0.1) is 0 Å². The van der Waals surface area contributed by atoms with E-state index in [1.807, 2.05) is 25.1 Å². The van der Waals surface area contributed by atoms with E-state index in [-0.39, 0.29) is 18.4 Å². The first-order chi connectivity index (χ1) is 7.72. The van der Waals surface area contributed by atoms with Crippen LogP contribution in [0.2, 0.25) is 0 Å². The highest BCUT2D eigenvalue weighted by Crippen LogP contribution is 2.32. The highest BCUT2D eigenvalue weighted by atomic mass is 16.6. The van der Waals surface area contributed by atoms with Gasteiger partial charge in [0.1, 0.15) is 6.23 Å². The number of nitrogens with zero attached hydrogens (tertiary/aromatic N) is 1. The van der Waals surface area contributed by atoms with Gasteiger partial charge in [-0.2, -0.15) is 5.06 Å². The van der Waals surface area contributed by atoms with Crippen molar-refractivity contribution in [2.75, 3.05) is 0 Å². The number of rotatable bonds is 2. The van der Waals surface area contributed by atoms with Crippen LogP contribution in [0.1, 0.15) is 38.4 Å². The van der Waals surface area contributed by atoms with Crippen molar-refractivity contribution in [1.82, 2.24) is 5.06 Å². The number of hydrogen-bond acceptors (Lipinski definition) is 3. The van der Waals surface area contributed by atoms with Crippen molar-refractivity contribution in [2.24, 2.45) is 0 Å². The zero-order valence-electron chi connectivity index (χ0n) is 9.84. The first kappa shape index (κ1) is 11.6. The molecule has 3 heteroatoms. The van der Waals surface area contributed by atoms with Gasteiger partial charge < -0.3 is 9.94 Å². The van der Waals surface area contributed by atoms with E-state index >= 15 is 0 Å². The molecule has 0 radical (unpaired) electrons. The minimum atomic E-state index is -0.232. The molecule has 1 aromatic carbocycles. The summed E-state index contributed by atoms with van der Waals surface area (Å²) in [4.78, 5) is 0. The largest absolute Gasteiger partial charge is 0.353 e. The quantitative estimate of drug-likeness (QED) is 0.833. The van der Waals surface area contributed by atoms with Gasteiger partial charge in [-0.25, -0.2) is 0 Å². The summed E-state index contributed by atoms with van der Waals surface area (Å²) in [6, 6.07) is 10.4. The van der Waals surface area contributed by atoms with Crippen LogP contribution in [0.5, 0.6) is 0 Å². The van der Waals surface area contributed by atoms with Crippen molar-refractivity contribution in [3.63, 3.8) is 0 Å². The monoisotopic (exact) mass is 221 g/mol. The summed E-state index contributed by atoms with van der Waals surface area (Å²) in [5.41, 5.74) is 1.20. The average molecular weight is 221 g/mol. The van der Waals surface area contributed by atoms with E-state index in [1.54, 1.807) is 0 Å². The zero-order chi connectivity index (χ0) is 11.5. The van der Waals surface area contributed by atoms with Crippen molar-refractivity contribution >= 4 is 0 Å². The van der Waals surface area contributed by atoms with Crippen LogP contribution in [-0.4, -0.2) is 22.5 Å². The lowest BCUT2D eigenvalue weighted by Crippen LogP contribution is -2.46. The van der Waals surface area contributed by atoms with Gasteiger partial charge in [0, 0.05) is 6.04 Å².